The molecule has 1 aromatic carbocycles. The van der Waals surface area contributed by atoms with E-state index in [2.05, 4.69) is 4.90 Å². The molecule has 3 atom stereocenters. The van der Waals surface area contributed by atoms with Gasteiger partial charge in [0.1, 0.15) is 0 Å². The van der Waals surface area contributed by atoms with Gasteiger partial charge in [0.15, 0.2) is 0 Å². The lowest BCUT2D eigenvalue weighted by atomic mass is 10.0. The summed E-state index contributed by atoms with van der Waals surface area (Å²) in [5.41, 5.74) is 7.26. The fraction of sp³-hybridized carbons (Fsp3) is 0.600. The highest BCUT2D eigenvalue weighted by atomic mass is 16.5. The van der Waals surface area contributed by atoms with Gasteiger partial charge in [0.25, 0.3) is 0 Å². The molecular weight excluding hydrogens is 240 g/mol. The van der Waals surface area contributed by atoms with E-state index < -0.39 is 6.10 Å². The summed E-state index contributed by atoms with van der Waals surface area (Å²) in [6.45, 7) is 2.18. The van der Waals surface area contributed by atoms with Crippen molar-refractivity contribution in [1.82, 2.24) is 4.90 Å². The second kappa shape index (κ2) is 7.01. The second-order valence-electron chi connectivity index (χ2n) is 5.38. The Morgan fingerprint density at radius 3 is 2.79 bits per heavy atom. The summed E-state index contributed by atoms with van der Waals surface area (Å²) in [6.07, 6.45) is 1.24. The Bertz CT molecular complexity index is 366. The molecule has 0 bridgehead atoms. The zero-order valence-corrected chi connectivity index (χ0v) is 11.5. The van der Waals surface area contributed by atoms with Crippen molar-refractivity contribution in [2.75, 3.05) is 26.8 Å². The van der Waals surface area contributed by atoms with Crippen LogP contribution in [0, 0.1) is 0 Å². The van der Waals surface area contributed by atoms with Crippen molar-refractivity contribution in [2.24, 2.45) is 5.73 Å². The summed E-state index contributed by atoms with van der Waals surface area (Å²) in [4.78, 5) is 2.16. The van der Waals surface area contributed by atoms with Crippen molar-refractivity contribution in [3.8, 4) is 0 Å². The van der Waals surface area contributed by atoms with Gasteiger partial charge in [-0.3, -0.25) is 4.90 Å². The predicted molar refractivity (Wildman–Crippen MR) is 76.0 cm³/mol. The molecule has 4 heteroatoms. The van der Waals surface area contributed by atoms with Crippen LogP contribution in [0.1, 0.15) is 12.0 Å². The maximum atomic E-state index is 10.2. The lowest BCUT2D eigenvalue weighted by Gasteiger charge is -2.28. The van der Waals surface area contributed by atoms with Gasteiger partial charge in [-0.2, -0.15) is 0 Å². The van der Waals surface area contributed by atoms with E-state index in [-0.39, 0.29) is 6.04 Å². The molecule has 1 saturated heterocycles. The first-order valence-electron chi connectivity index (χ1n) is 6.92. The molecule has 0 aliphatic carbocycles. The van der Waals surface area contributed by atoms with Crippen LogP contribution in [-0.4, -0.2) is 55.0 Å². The Morgan fingerprint density at radius 1 is 1.42 bits per heavy atom. The van der Waals surface area contributed by atoms with E-state index in [0.29, 0.717) is 19.0 Å². The molecule has 0 amide bonds. The first-order valence-corrected chi connectivity index (χ1v) is 6.92. The Morgan fingerprint density at radius 2 is 2.16 bits per heavy atom. The molecule has 0 saturated carbocycles. The van der Waals surface area contributed by atoms with Gasteiger partial charge in [0.2, 0.25) is 0 Å². The van der Waals surface area contributed by atoms with E-state index >= 15 is 0 Å². The number of hydrogen-bond donors (Lipinski definition) is 2. The monoisotopic (exact) mass is 264 g/mol. The first kappa shape index (κ1) is 14.5. The predicted octanol–water partition coefficient (Wildman–Crippen LogP) is 0.638. The topological polar surface area (TPSA) is 58.7 Å². The van der Waals surface area contributed by atoms with Crippen molar-refractivity contribution in [1.29, 1.82) is 0 Å². The van der Waals surface area contributed by atoms with Crippen molar-refractivity contribution >= 4 is 0 Å². The third-order valence-electron chi connectivity index (χ3n) is 3.81. The standard InChI is InChI=1S/C15H24N2O2/c1-17(13-7-8-19-11-13)10-15(18)14(16)9-12-5-3-2-4-6-12/h2-6,13-15,18H,7-11,16H2,1H3. The number of benzene rings is 1. The Balaban J connectivity index is 1.80. The first-order chi connectivity index (χ1) is 9.16. The van der Waals surface area contributed by atoms with Gasteiger partial charge in [0, 0.05) is 25.2 Å². The summed E-state index contributed by atoms with van der Waals surface area (Å²) in [5, 5.41) is 10.2. The molecule has 0 aromatic heterocycles. The molecule has 1 heterocycles. The van der Waals surface area contributed by atoms with Crippen LogP contribution in [0.5, 0.6) is 0 Å². The van der Waals surface area contributed by atoms with Crippen molar-refractivity contribution in [3.05, 3.63) is 35.9 Å². The van der Waals surface area contributed by atoms with Crippen LogP contribution in [0.2, 0.25) is 0 Å². The molecule has 2 rings (SSSR count). The number of nitrogens with zero attached hydrogens (tertiary/aromatic N) is 1. The van der Waals surface area contributed by atoms with Crippen molar-refractivity contribution in [3.63, 3.8) is 0 Å². The van der Waals surface area contributed by atoms with Crippen LogP contribution in [0.3, 0.4) is 0 Å². The minimum absolute atomic E-state index is 0.229. The highest BCUT2D eigenvalue weighted by Crippen LogP contribution is 2.12. The summed E-state index contributed by atoms with van der Waals surface area (Å²) in [7, 11) is 2.03. The quantitative estimate of drug-likeness (QED) is 0.791. The SMILES string of the molecule is CN(CC(O)C(N)Cc1ccccc1)C1CCOC1. The molecule has 1 aromatic rings. The fourth-order valence-electron chi connectivity index (χ4n) is 2.47. The van der Waals surface area contributed by atoms with Gasteiger partial charge in [-0.05, 0) is 25.5 Å². The zero-order valence-electron chi connectivity index (χ0n) is 11.5. The average molecular weight is 264 g/mol. The van der Waals surface area contributed by atoms with Gasteiger partial charge >= 0.3 is 0 Å². The highest BCUT2D eigenvalue weighted by molar-refractivity contribution is 5.16. The maximum absolute atomic E-state index is 10.2. The normalized spacial score (nSPS) is 22.6. The summed E-state index contributed by atoms with van der Waals surface area (Å²) >= 11 is 0. The van der Waals surface area contributed by atoms with E-state index in [1.54, 1.807) is 0 Å². The van der Waals surface area contributed by atoms with E-state index in [9.17, 15) is 5.11 Å². The number of rotatable bonds is 6. The minimum Gasteiger partial charge on any atom is -0.390 e. The van der Waals surface area contributed by atoms with E-state index in [4.69, 9.17) is 10.5 Å². The van der Waals surface area contributed by atoms with Gasteiger partial charge < -0.3 is 15.6 Å². The lowest BCUT2D eigenvalue weighted by molar-refractivity contribution is 0.0781. The van der Waals surface area contributed by atoms with Gasteiger partial charge in [0.05, 0.1) is 12.7 Å². The third-order valence-corrected chi connectivity index (χ3v) is 3.81. The van der Waals surface area contributed by atoms with Crippen molar-refractivity contribution < 1.29 is 9.84 Å². The molecule has 1 aliphatic rings. The molecular formula is C15H24N2O2. The van der Waals surface area contributed by atoms with E-state index in [1.807, 2.05) is 37.4 Å². The molecule has 3 unspecified atom stereocenters. The second-order valence-corrected chi connectivity index (χ2v) is 5.38. The number of hydrogen-bond acceptors (Lipinski definition) is 4. The summed E-state index contributed by atoms with van der Waals surface area (Å²) in [5.74, 6) is 0. The van der Waals surface area contributed by atoms with Crippen LogP contribution in [-0.2, 0) is 11.2 Å². The summed E-state index contributed by atoms with van der Waals surface area (Å²) in [6, 6.07) is 10.2. The number of aliphatic hydroxyl groups is 1. The van der Waals surface area contributed by atoms with Crippen LogP contribution in [0.25, 0.3) is 0 Å². The lowest BCUT2D eigenvalue weighted by Crippen LogP contribution is -2.46. The van der Waals surface area contributed by atoms with E-state index in [1.165, 1.54) is 5.56 Å². The molecule has 1 fully saturated rings. The van der Waals surface area contributed by atoms with Gasteiger partial charge in [-0.25, -0.2) is 0 Å². The van der Waals surface area contributed by atoms with E-state index in [0.717, 1.165) is 19.6 Å². The Labute approximate surface area is 115 Å². The fourth-order valence-corrected chi connectivity index (χ4v) is 2.47. The molecule has 4 nitrogen and oxygen atoms in total. The maximum Gasteiger partial charge on any atom is 0.0820 e. The van der Waals surface area contributed by atoms with Gasteiger partial charge in [-0.1, -0.05) is 30.3 Å². The van der Waals surface area contributed by atoms with Crippen molar-refractivity contribution in [2.45, 2.75) is 31.0 Å². The Hall–Kier alpha value is -0.940. The average Bonchev–Trinajstić information content (AvgIpc) is 2.93. The number of aliphatic hydroxyl groups excluding tert-OH is 1. The molecule has 0 radical (unpaired) electrons. The number of nitrogens with two attached hydrogens (primary N) is 1. The number of likely N-dealkylation sites (N-methyl/N-ethyl adjacent to an activating group) is 1. The highest BCUT2D eigenvalue weighted by Gasteiger charge is 2.24. The molecule has 106 valence electrons. The minimum atomic E-state index is -0.509. The van der Waals surface area contributed by atoms with Crippen LogP contribution >= 0.6 is 0 Å². The third kappa shape index (κ3) is 4.28. The molecule has 1 aliphatic heterocycles. The Kier molecular flexibility index (Phi) is 5.34. The number of ether oxygens (including phenoxy) is 1. The molecule has 3 N–H and O–H groups in total. The smallest absolute Gasteiger partial charge is 0.0820 e. The summed E-state index contributed by atoms with van der Waals surface area (Å²) < 4.78 is 5.36. The van der Waals surface area contributed by atoms with Crippen LogP contribution < -0.4 is 5.73 Å². The molecule has 0 spiro atoms. The van der Waals surface area contributed by atoms with Crippen LogP contribution in [0.4, 0.5) is 0 Å². The molecule has 19 heavy (non-hydrogen) atoms. The largest absolute Gasteiger partial charge is 0.390 e. The zero-order chi connectivity index (χ0) is 13.7. The van der Waals surface area contributed by atoms with Gasteiger partial charge in [-0.15, -0.1) is 0 Å². The van der Waals surface area contributed by atoms with Crippen LogP contribution in [0.15, 0.2) is 30.3 Å².